The van der Waals surface area contributed by atoms with E-state index in [0.717, 1.165) is 18.8 Å². The number of nitrogens with one attached hydrogen (secondary N) is 1. The van der Waals surface area contributed by atoms with Crippen molar-refractivity contribution in [1.82, 2.24) is 0 Å². The van der Waals surface area contributed by atoms with Crippen LogP contribution in [-0.2, 0) is 4.79 Å². The lowest BCUT2D eigenvalue weighted by Crippen LogP contribution is -2.18. The van der Waals surface area contributed by atoms with Crippen molar-refractivity contribution in [1.29, 1.82) is 5.26 Å². The molecule has 0 aromatic heterocycles. The van der Waals surface area contributed by atoms with Crippen molar-refractivity contribution in [3.05, 3.63) is 23.2 Å². The third-order valence-corrected chi connectivity index (χ3v) is 3.22. The zero-order valence-corrected chi connectivity index (χ0v) is 10.7. The van der Waals surface area contributed by atoms with Crippen molar-refractivity contribution >= 4 is 28.9 Å². The van der Waals surface area contributed by atoms with Crippen molar-refractivity contribution in [2.24, 2.45) is 0 Å². The van der Waals surface area contributed by atoms with Gasteiger partial charge in [-0.15, -0.1) is 0 Å². The minimum absolute atomic E-state index is 0.147. The second-order valence-corrected chi connectivity index (χ2v) is 4.65. The molecule has 1 saturated heterocycles. The first-order valence-corrected chi connectivity index (χ1v) is 6.30. The molecule has 18 heavy (non-hydrogen) atoms. The van der Waals surface area contributed by atoms with E-state index in [2.05, 4.69) is 10.2 Å². The molecule has 0 unspecified atom stereocenters. The molecule has 0 atom stereocenters. The molecule has 1 amide bonds. The Morgan fingerprint density at radius 2 is 2.17 bits per heavy atom. The fourth-order valence-electron chi connectivity index (χ4n) is 2.08. The number of hydrogen-bond donors (Lipinski definition) is 1. The molecular formula is C13H14ClN3O. The summed E-state index contributed by atoms with van der Waals surface area (Å²) in [6, 6.07) is 7.26. The molecule has 4 nitrogen and oxygen atoms in total. The van der Waals surface area contributed by atoms with E-state index in [1.54, 1.807) is 12.1 Å². The van der Waals surface area contributed by atoms with Crippen molar-refractivity contribution in [2.45, 2.75) is 19.3 Å². The highest BCUT2D eigenvalue weighted by Crippen LogP contribution is 2.31. The molecule has 0 aliphatic carbocycles. The zero-order chi connectivity index (χ0) is 13.0. The predicted molar refractivity (Wildman–Crippen MR) is 71.8 cm³/mol. The average molecular weight is 264 g/mol. The van der Waals surface area contributed by atoms with Crippen molar-refractivity contribution < 1.29 is 4.79 Å². The highest BCUT2D eigenvalue weighted by molar-refractivity contribution is 6.33. The molecule has 0 saturated carbocycles. The molecule has 1 aromatic rings. The van der Waals surface area contributed by atoms with E-state index in [4.69, 9.17) is 16.9 Å². The number of halogens is 1. The number of carbonyl (C=O) groups is 1. The highest BCUT2D eigenvalue weighted by Gasteiger charge is 2.15. The van der Waals surface area contributed by atoms with Gasteiger partial charge in [-0.2, -0.15) is 5.26 Å². The average Bonchev–Trinajstić information content (AvgIpc) is 2.82. The van der Waals surface area contributed by atoms with Crippen LogP contribution in [0.25, 0.3) is 0 Å². The van der Waals surface area contributed by atoms with Gasteiger partial charge in [-0.3, -0.25) is 4.79 Å². The van der Waals surface area contributed by atoms with E-state index in [9.17, 15) is 4.79 Å². The largest absolute Gasteiger partial charge is 0.370 e. The van der Waals surface area contributed by atoms with Crippen molar-refractivity contribution in [3.63, 3.8) is 0 Å². The van der Waals surface area contributed by atoms with Crippen LogP contribution in [0.4, 0.5) is 11.4 Å². The van der Waals surface area contributed by atoms with Crippen LogP contribution in [0.1, 0.15) is 19.3 Å². The van der Waals surface area contributed by atoms with Crippen LogP contribution in [0.5, 0.6) is 0 Å². The van der Waals surface area contributed by atoms with Gasteiger partial charge in [0.1, 0.15) is 6.42 Å². The first-order chi connectivity index (χ1) is 8.70. The molecule has 1 heterocycles. The fourth-order valence-corrected chi connectivity index (χ4v) is 2.38. The summed E-state index contributed by atoms with van der Waals surface area (Å²) < 4.78 is 0. The summed E-state index contributed by atoms with van der Waals surface area (Å²) in [7, 11) is 0. The van der Waals surface area contributed by atoms with E-state index in [1.165, 1.54) is 12.8 Å². The van der Waals surface area contributed by atoms with Gasteiger partial charge in [-0.05, 0) is 31.0 Å². The molecule has 0 spiro atoms. The van der Waals surface area contributed by atoms with Crippen LogP contribution in [0.3, 0.4) is 0 Å². The van der Waals surface area contributed by atoms with Gasteiger partial charge < -0.3 is 10.2 Å². The minimum Gasteiger partial charge on any atom is -0.370 e. The Bertz CT molecular complexity index is 489. The molecule has 1 aromatic carbocycles. The summed E-state index contributed by atoms with van der Waals surface area (Å²) in [5.74, 6) is -0.317. The second-order valence-electron chi connectivity index (χ2n) is 4.24. The Kier molecular flexibility index (Phi) is 4.06. The van der Waals surface area contributed by atoms with E-state index in [-0.39, 0.29) is 12.3 Å². The Labute approximate surface area is 111 Å². The van der Waals surface area contributed by atoms with Gasteiger partial charge in [0, 0.05) is 18.8 Å². The standard InChI is InChI=1S/C13H14ClN3O/c14-11-9-10(16-13(18)5-6-15)3-4-12(11)17-7-1-2-8-17/h3-4,9H,1-2,5,7-8H2,(H,16,18). The van der Waals surface area contributed by atoms with Gasteiger partial charge >= 0.3 is 0 Å². The Hall–Kier alpha value is -1.73. The molecule has 2 rings (SSSR count). The number of benzene rings is 1. The topological polar surface area (TPSA) is 56.1 Å². The first kappa shape index (κ1) is 12.7. The van der Waals surface area contributed by atoms with E-state index >= 15 is 0 Å². The molecule has 1 aliphatic heterocycles. The third kappa shape index (κ3) is 2.93. The van der Waals surface area contributed by atoms with Crippen LogP contribution >= 0.6 is 11.6 Å². The fraction of sp³-hybridized carbons (Fsp3) is 0.385. The van der Waals surface area contributed by atoms with Crippen LogP contribution in [0.15, 0.2) is 18.2 Å². The van der Waals surface area contributed by atoms with Crippen LogP contribution < -0.4 is 10.2 Å². The maximum atomic E-state index is 11.3. The predicted octanol–water partition coefficient (Wildman–Crippen LogP) is 2.79. The summed E-state index contributed by atoms with van der Waals surface area (Å²) in [4.78, 5) is 13.5. The summed E-state index contributed by atoms with van der Waals surface area (Å²) in [5.41, 5.74) is 1.63. The molecule has 94 valence electrons. The van der Waals surface area contributed by atoms with Gasteiger partial charge in [0.2, 0.25) is 5.91 Å². The summed E-state index contributed by atoms with van der Waals surface area (Å²) in [5, 5.41) is 11.7. The number of carbonyl (C=O) groups excluding carboxylic acids is 1. The number of hydrogen-bond acceptors (Lipinski definition) is 3. The van der Waals surface area contributed by atoms with Gasteiger partial charge in [-0.1, -0.05) is 11.6 Å². The summed E-state index contributed by atoms with van der Waals surface area (Å²) in [6.07, 6.45) is 2.24. The Morgan fingerprint density at radius 1 is 1.44 bits per heavy atom. The Morgan fingerprint density at radius 3 is 2.78 bits per heavy atom. The van der Waals surface area contributed by atoms with Crippen molar-refractivity contribution in [3.8, 4) is 6.07 Å². The van der Waals surface area contributed by atoms with E-state index in [1.807, 2.05) is 12.1 Å². The summed E-state index contributed by atoms with van der Waals surface area (Å²) >= 11 is 6.21. The van der Waals surface area contributed by atoms with E-state index < -0.39 is 0 Å². The van der Waals surface area contributed by atoms with Crippen LogP contribution in [0.2, 0.25) is 5.02 Å². The molecule has 1 N–H and O–H groups in total. The molecule has 0 radical (unpaired) electrons. The molecule has 1 fully saturated rings. The molecule has 5 heteroatoms. The zero-order valence-electron chi connectivity index (χ0n) is 9.95. The van der Waals surface area contributed by atoms with Gasteiger partial charge in [-0.25, -0.2) is 0 Å². The summed E-state index contributed by atoms with van der Waals surface area (Å²) in [6.45, 7) is 2.06. The second kappa shape index (κ2) is 5.74. The highest BCUT2D eigenvalue weighted by atomic mass is 35.5. The van der Waals surface area contributed by atoms with Gasteiger partial charge in [0.25, 0.3) is 0 Å². The van der Waals surface area contributed by atoms with Crippen molar-refractivity contribution in [2.75, 3.05) is 23.3 Å². The Balaban J connectivity index is 2.09. The molecule has 0 bridgehead atoms. The van der Waals surface area contributed by atoms with Gasteiger partial charge in [0.15, 0.2) is 0 Å². The first-order valence-electron chi connectivity index (χ1n) is 5.92. The maximum Gasteiger partial charge on any atom is 0.238 e. The van der Waals surface area contributed by atoms with Crippen LogP contribution in [-0.4, -0.2) is 19.0 Å². The van der Waals surface area contributed by atoms with Gasteiger partial charge in [0.05, 0.1) is 16.8 Å². The third-order valence-electron chi connectivity index (χ3n) is 2.92. The SMILES string of the molecule is N#CCC(=O)Nc1ccc(N2CCCC2)c(Cl)c1. The van der Waals surface area contributed by atoms with Crippen LogP contribution in [0, 0.1) is 11.3 Å². The normalized spacial score (nSPS) is 14.3. The number of amides is 1. The van der Waals surface area contributed by atoms with E-state index in [0.29, 0.717) is 10.7 Å². The monoisotopic (exact) mass is 263 g/mol. The maximum absolute atomic E-state index is 11.3. The number of nitriles is 1. The molecule has 1 aliphatic rings. The lowest BCUT2D eigenvalue weighted by molar-refractivity contribution is -0.115. The number of nitrogens with zero attached hydrogens (tertiary/aromatic N) is 2. The lowest BCUT2D eigenvalue weighted by Gasteiger charge is -2.19. The number of anilines is 2. The quantitative estimate of drug-likeness (QED) is 0.912. The number of rotatable bonds is 3. The molecular weight excluding hydrogens is 250 g/mol. The lowest BCUT2D eigenvalue weighted by atomic mass is 10.2. The minimum atomic E-state index is -0.317. The smallest absolute Gasteiger partial charge is 0.238 e.